The van der Waals surface area contributed by atoms with Gasteiger partial charge in [-0.3, -0.25) is 4.98 Å². The predicted molar refractivity (Wildman–Crippen MR) is 79.6 cm³/mol. The van der Waals surface area contributed by atoms with Crippen molar-refractivity contribution in [1.29, 1.82) is 0 Å². The van der Waals surface area contributed by atoms with Crippen molar-refractivity contribution < 1.29 is 0 Å². The van der Waals surface area contributed by atoms with Crippen LogP contribution >= 0.6 is 23.8 Å². The van der Waals surface area contributed by atoms with E-state index in [9.17, 15) is 0 Å². The molecule has 1 aromatic heterocycles. The highest BCUT2D eigenvalue weighted by atomic mass is 35.5. The van der Waals surface area contributed by atoms with Crippen LogP contribution in [0.2, 0.25) is 5.02 Å². The normalized spacial score (nSPS) is 10.1. The maximum absolute atomic E-state index is 6.10. The Bertz CT molecular complexity index is 599. The second kappa shape index (κ2) is 5.33. The van der Waals surface area contributed by atoms with E-state index < -0.39 is 0 Å². The van der Waals surface area contributed by atoms with E-state index in [1.165, 1.54) is 0 Å². The zero-order valence-corrected chi connectivity index (χ0v) is 11.3. The number of halogens is 1. The van der Waals surface area contributed by atoms with Crippen LogP contribution in [0.1, 0.15) is 11.1 Å². The van der Waals surface area contributed by atoms with Gasteiger partial charge in [-0.05, 0) is 30.7 Å². The van der Waals surface area contributed by atoms with Gasteiger partial charge in [0, 0.05) is 6.20 Å². The Labute approximate surface area is 116 Å². The fraction of sp³-hybridized carbons (Fsp3) is 0.0769. The molecule has 2 rings (SSSR count). The minimum Gasteiger partial charge on any atom is -0.389 e. The van der Waals surface area contributed by atoms with Crippen LogP contribution in [0, 0.1) is 6.92 Å². The quantitative estimate of drug-likeness (QED) is 0.844. The third-order valence-corrected chi connectivity index (χ3v) is 2.93. The molecule has 5 heteroatoms. The van der Waals surface area contributed by atoms with Gasteiger partial charge in [0.2, 0.25) is 0 Å². The van der Waals surface area contributed by atoms with Gasteiger partial charge in [0.05, 0.1) is 28.2 Å². The van der Waals surface area contributed by atoms with Gasteiger partial charge in [-0.15, -0.1) is 0 Å². The molecule has 0 amide bonds. The van der Waals surface area contributed by atoms with E-state index in [2.05, 4.69) is 10.3 Å². The molecule has 3 N–H and O–H groups in total. The van der Waals surface area contributed by atoms with Crippen molar-refractivity contribution in [3.63, 3.8) is 0 Å². The zero-order valence-electron chi connectivity index (χ0n) is 9.77. The first-order valence-electron chi connectivity index (χ1n) is 5.35. The average molecular weight is 278 g/mol. The molecule has 0 saturated carbocycles. The van der Waals surface area contributed by atoms with Crippen LogP contribution in [-0.4, -0.2) is 9.97 Å². The standard InChI is InChI=1S/C13H12ClN3S/c1-8-5-9(7-16-6-8)17-11-4-2-3-10(14)12(11)13(15)18/h2-7,17H,1H3,(H2,15,18). The number of rotatable bonds is 3. The lowest BCUT2D eigenvalue weighted by atomic mass is 10.1. The molecule has 0 aliphatic heterocycles. The fourth-order valence-electron chi connectivity index (χ4n) is 1.66. The molecule has 2 aromatic rings. The molecule has 92 valence electrons. The Hall–Kier alpha value is -1.65. The molecular formula is C13H12ClN3S. The monoisotopic (exact) mass is 277 g/mol. The summed E-state index contributed by atoms with van der Waals surface area (Å²) in [4.78, 5) is 4.39. The summed E-state index contributed by atoms with van der Waals surface area (Å²) in [6.07, 6.45) is 3.52. The molecule has 1 heterocycles. The lowest BCUT2D eigenvalue weighted by Gasteiger charge is -2.12. The highest BCUT2D eigenvalue weighted by Gasteiger charge is 2.09. The molecule has 3 nitrogen and oxygen atoms in total. The summed E-state index contributed by atoms with van der Waals surface area (Å²) in [6, 6.07) is 7.46. The molecule has 1 aromatic carbocycles. The van der Waals surface area contributed by atoms with Crippen molar-refractivity contribution in [2.24, 2.45) is 5.73 Å². The van der Waals surface area contributed by atoms with Crippen LogP contribution in [0.3, 0.4) is 0 Å². The number of nitrogens with zero attached hydrogens (tertiary/aromatic N) is 1. The molecule has 0 unspecified atom stereocenters. The van der Waals surface area contributed by atoms with Crippen LogP contribution in [0.25, 0.3) is 0 Å². The molecule has 0 atom stereocenters. The molecule has 0 bridgehead atoms. The summed E-state index contributed by atoms with van der Waals surface area (Å²) in [6.45, 7) is 1.98. The number of aromatic nitrogens is 1. The Morgan fingerprint density at radius 1 is 1.39 bits per heavy atom. The summed E-state index contributed by atoms with van der Waals surface area (Å²) >= 11 is 11.1. The summed E-state index contributed by atoms with van der Waals surface area (Å²) in [7, 11) is 0. The van der Waals surface area contributed by atoms with E-state index in [-0.39, 0.29) is 4.99 Å². The number of nitrogens with two attached hydrogens (primary N) is 1. The number of thiocarbonyl (C=S) groups is 1. The van der Waals surface area contributed by atoms with Crippen molar-refractivity contribution in [2.45, 2.75) is 6.92 Å². The molecule has 0 spiro atoms. The summed E-state index contributed by atoms with van der Waals surface area (Å²) in [5.74, 6) is 0. The lowest BCUT2D eigenvalue weighted by Crippen LogP contribution is -2.12. The van der Waals surface area contributed by atoms with Crippen LogP contribution in [-0.2, 0) is 0 Å². The number of pyridine rings is 1. The van der Waals surface area contributed by atoms with Gasteiger partial charge in [0.25, 0.3) is 0 Å². The fourth-order valence-corrected chi connectivity index (χ4v) is 2.21. The van der Waals surface area contributed by atoms with E-state index in [1.54, 1.807) is 18.5 Å². The minimum atomic E-state index is 0.267. The second-order valence-electron chi connectivity index (χ2n) is 3.90. The smallest absolute Gasteiger partial charge is 0.107 e. The number of aryl methyl sites for hydroxylation is 1. The Balaban J connectivity index is 2.40. The molecular weight excluding hydrogens is 266 g/mol. The van der Waals surface area contributed by atoms with Gasteiger partial charge in [-0.25, -0.2) is 0 Å². The minimum absolute atomic E-state index is 0.267. The largest absolute Gasteiger partial charge is 0.389 e. The van der Waals surface area contributed by atoms with Crippen molar-refractivity contribution in [2.75, 3.05) is 5.32 Å². The molecule has 0 saturated heterocycles. The van der Waals surface area contributed by atoms with E-state index in [0.29, 0.717) is 10.6 Å². The number of hydrogen-bond donors (Lipinski definition) is 2. The number of nitrogens with one attached hydrogen (secondary N) is 1. The number of hydrogen-bond acceptors (Lipinski definition) is 3. The van der Waals surface area contributed by atoms with Crippen molar-refractivity contribution in [3.05, 3.63) is 52.8 Å². The third kappa shape index (κ3) is 2.78. The first-order chi connectivity index (χ1) is 8.58. The Kier molecular flexibility index (Phi) is 3.79. The summed E-state index contributed by atoms with van der Waals surface area (Å²) < 4.78 is 0. The van der Waals surface area contributed by atoms with E-state index in [0.717, 1.165) is 16.9 Å². The van der Waals surface area contributed by atoms with Gasteiger partial charge in [-0.1, -0.05) is 29.9 Å². The second-order valence-corrected chi connectivity index (χ2v) is 4.75. The summed E-state index contributed by atoms with van der Waals surface area (Å²) in [5.41, 5.74) is 9.06. The number of benzene rings is 1. The van der Waals surface area contributed by atoms with E-state index >= 15 is 0 Å². The number of anilines is 2. The molecule has 0 radical (unpaired) electrons. The highest BCUT2D eigenvalue weighted by molar-refractivity contribution is 7.80. The summed E-state index contributed by atoms with van der Waals surface area (Å²) in [5, 5.41) is 3.76. The lowest BCUT2D eigenvalue weighted by molar-refractivity contribution is 1.26. The topological polar surface area (TPSA) is 50.9 Å². The van der Waals surface area contributed by atoms with Crippen LogP contribution in [0.5, 0.6) is 0 Å². The van der Waals surface area contributed by atoms with Gasteiger partial charge >= 0.3 is 0 Å². The van der Waals surface area contributed by atoms with Gasteiger partial charge in [-0.2, -0.15) is 0 Å². The van der Waals surface area contributed by atoms with Crippen molar-refractivity contribution in [1.82, 2.24) is 4.98 Å². The van der Waals surface area contributed by atoms with Gasteiger partial charge < -0.3 is 11.1 Å². The molecule has 18 heavy (non-hydrogen) atoms. The van der Waals surface area contributed by atoms with Crippen molar-refractivity contribution >= 4 is 40.2 Å². The SMILES string of the molecule is Cc1cncc(Nc2cccc(Cl)c2C(N)=S)c1. The average Bonchev–Trinajstić information content (AvgIpc) is 2.28. The maximum Gasteiger partial charge on any atom is 0.107 e. The van der Waals surface area contributed by atoms with Crippen LogP contribution in [0.15, 0.2) is 36.7 Å². The van der Waals surface area contributed by atoms with Gasteiger partial charge in [0.1, 0.15) is 4.99 Å². The van der Waals surface area contributed by atoms with Crippen LogP contribution < -0.4 is 11.1 Å². The molecule has 0 aliphatic carbocycles. The third-order valence-electron chi connectivity index (χ3n) is 2.41. The first kappa shape index (κ1) is 12.8. The van der Waals surface area contributed by atoms with E-state index in [1.807, 2.05) is 25.1 Å². The van der Waals surface area contributed by atoms with E-state index in [4.69, 9.17) is 29.6 Å². The molecule has 0 fully saturated rings. The van der Waals surface area contributed by atoms with Crippen LogP contribution in [0.4, 0.5) is 11.4 Å². The predicted octanol–water partition coefficient (Wildman–Crippen LogP) is 3.42. The Morgan fingerprint density at radius 3 is 2.83 bits per heavy atom. The highest BCUT2D eigenvalue weighted by Crippen LogP contribution is 2.27. The molecule has 0 aliphatic rings. The first-order valence-corrected chi connectivity index (χ1v) is 6.13. The Morgan fingerprint density at radius 2 is 2.17 bits per heavy atom. The van der Waals surface area contributed by atoms with Gasteiger partial charge in [0.15, 0.2) is 0 Å². The maximum atomic E-state index is 6.10. The van der Waals surface area contributed by atoms with Crippen molar-refractivity contribution in [3.8, 4) is 0 Å². The zero-order chi connectivity index (χ0) is 13.1.